The molecule has 3 aromatic rings. The average molecular weight is 490 g/mol. The van der Waals surface area contributed by atoms with E-state index in [4.69, 9.17) is 4.74 Å². The summed E-state index contributed by atoms with van der Waals surface area (Å²) in [5, 5.41) is 20.6. The van der Waals surface area contributed by atoms with Crippen LogP contribution in [0.25, 0.3) is 5.76 Å². The number of carbonyl (C=O) groups is 2. The Morgan fingerprint density at radius 1 is 1.11 bits per heavy atom. The van der Waals surface area contributed by atoms with E-state index in [1.54, 1.807) is 19.1 Å². The zero-order valence-electron chi connectivity index (χ0n) is 20.3. The lowest BCUT2D eigenvalue weighted by Gasteiger charge is -2.24. The minimum atomic E-state index is -0.820. The van der Waals surface area contributed by atoms with Gasteiger partial charge in [-0.25, -0.2) is 0 Å². The van der Waals surface area contributed by atoms with Crippen LogP contribution in [-0.4, -0.2) is 33.1 Å². The van der Waals surface area contributed by atoms with Crippen LogP contribution in [0, 0.1) is 6.92 Å². The summed E-state index contributed by atoms with van der Waals surface area (Å²) in [7, 11) is 0. The van der Waals surface area contributed by atoms with Gasteiger partial charge in [-0.3, -0.25) is 14.5 Å². The molecule has 3 heterocycles. The summed E-state index contributed by atoms with van der Waals surface area (Å²) in [6.45, 7) is 10.1. The van der Waals surface area contributed by atoms with Gasteiger partial charge in [-0.15, -0.1) is 10.2 Å². The van der Waals surface area contributed by atoms with E-state index < -0.39 is 17.7 Å². The van der Waals surface area contributed by atoms with Gasteiger partial charge in [0.25, 0.3) is 5.78 Å². The second-order valence-corrected chi connectivity index (χ2v) is 11.3. The Kier molecular flexibility index (Phi) is 5.51. The first-order chi connectivity index (χ1) is 16.5. The number of Topliss-reactive ketones (excluding diaryl/α,β-unsaturated/α-hetero) is 1. The Bertz CT molecular complexity index is 1370. The fraction of sp³-hybridized carbons (Fsp3) is 0.333. The van der Waals surface area contributed by atoms with Crippen molar-refractivity contribution in [3.8, 4) is 5.75 Å². The highest BCUT2D eigenvalue weighted by Gasteiger charge is 2.48. The molecule has 5 rings (SSSR count). The molecule has 0 unspecified atom stereocenters. The van der Waals surface area contributed by atoms with E-state index in [-0.39, 0.29) is 22.9 Å². The topological polar surface area (TPSA) is 92.6 Å². The highest BCUT2D eigenvalue weighted by atomic mass is 32.1. The number of anilines is 1. The molecule has 1 amide bonds. The van der Waals surface area contributed by atoms with Gasteiger partial charge in [0.1, 0.15) is 22.6 Å². The highest BCUT2D eigenvalue weighted by molar-refractivity contribution is 7.15. The SMILES string of the molecule is Cc1nnc(N2C(=O)C(=O)C(=C(O)c3ccc4c(c3)C[C@H](C)O4)[C@H]2c2ccc(C(C)(C)C)cc2)s1. The molecule has 1 saturated heterocycles. The van der Waals surface area contributed by atoms with Crippen LogP contribution in [0.1, 0.15) is 61.0 Å². The monoisotopic (exact) mass is 489 g/mol. The summed E-state index contributed by atoms with van der Waals surface area (Å²) in [4.78, 5) is 27.9. The number of carbonyl (C=O) groups excluding carboxylic acids is 2. The van der Waals surface area contributed by atoms with Crippen LogP contribution >= 0.6 is 11.3 Å². The van der Waals surface area contributed by atoms with Gasteiger partial charge >= 0.3 is 5.91 Å². The van der Waals surface area contributed by atoms with E-state index in [1.807, 2.05) is 37.3 Å². The van der Waals surface area contributed by atoms with Gasteiger partial charge < -0.3 is 9.84 Å². The molecule has 2 aliphatic heterocycles. The molecule has 1 N–H and O–H groups in total. The summed E-state index contributed by atoms with van der Waals surface area (Å²) in [5.41, 5.74) is 3.26. The van der Waals surface area contributed by atoms with Gasteiger partial charge in [0.05, 0.1) is 11.6 Å². The molecule has 1 aromatic heterocycles. The number of hydrogen-bond acceptors (Lipinski definition) is 7. The zero-order valence-corrected chi connectivity index (χ0v) is 21.1. The lowest BCUT2D eigenvalue weighted by Crippen LogP contribution is -2.29. The molecule has 2 aromatic carbocycles. The number of aromatic nitrogens is 2. The van der Waals surface area contributed by atoms with Crippen molar-refractivity contribution in [1.29, 1.82) is 0 Å². The molecule has 1 fully saturated rings. The number of amides is 1. The van der Waals surface area contributed by atoms with Crippen molar-refractivity contribution in [3.63, 3.8) is 0 Å². The van der Waals surface area contributed by atoms with Crippen molar-refractivity contribution < 1.29 is 19.4 Å². The van der Waals surface area contributed by atoms with Gasteiger partial charge in [0.2, 0.25) is 5.13 Å². The van der Waals surface area contributed by atoms with E-state index in [0.717, 1.165) is 16.9 Å². The maximum atomic E-state index is 13.3. The predicted molar refractivity (Wildman–Crippen MR) is 135 cm³/mol. The smallest absolute Gasteiger partial charge is 0.301 e. The summed E-state index contributed by atoms with van der Waals surface area (Å²) < 4.78 is 5.77. The van der Waals surface area contributed by atoms with E-state index in [2.05, 4.69) is 31.0 Å². The first-order valence-electron chi connectivity index (χ1n) is 11.6. The van der Waals surface area contributed by atoms with Gasteiger partial charge in [0, 0.05) is 12.0 Å². The number of nitrogens with zero attached hydrogens (tertiary/aromatic N) is 3. The zero-order chi connectivity index (χ0) is 25.1. The third kappa shape index (κ3) is 4.01. The summed E-state index contributed by atoms with van der Waals surface area (Å²) in [6, 6.07) is 12.3. The third-order valence-electron chi connectivity index (χ3n) is 6.43. The minimum absolute atomic E-state index is 0.0401. The van der Waals surface area contributed by atoms with Crippen molar-refractivity contribution in [3.05, 3.63) is 75.3 Å². The third-order valence-corrected chi connectivity index (χ3v) is 7.27. The molecule has 7 nitrogen and oxygen atoms in total. The standard InChI is InChI=1S/C27H27N3O4S/c1-14-12-18-13-17(8-11-20(18)34-14)23(31)21-22(16-6-9-19(10-7-16)27(3,4)5)30(25(33)24(21)32)26-29-28-15(2)35-26/h6-11,13-14,22,31H,12H2,1-5H3/t14-,22+/m0/s1. The molecule has 35 heavy (non-hydrogen) atoms. The number of hydrogen-bond donors (Lipinski definition) is 1. The molecule has 2 atom stereocenters. The van der Waals surface area contributed by atoms with Crippen LogP contribution in [0.3, 0.4) is 0 Å². The second kappa shape index (κ2) is 8.30. The van der Waals surface area contributed by atoms with E-state index >= 15 is 0 Å². The molecule has 8 heteroatoms. The Morgan fingerprint density at radius 3 is 2.46 bits per heavy atom. The van der Waals surface area contributed by atoms with Crippen LogP contribution in [0.2, 0.25) is 0 Å². The number of ether oxygens (including phenoxy) is 1. The van der Waals surface area contributed by atoms with Crippen molar-refractivity contribution in [1.82, 2.24) is 10.2 Å². The molecule has 0 radical (unpaired) electrons. The fourth-order valence-electron chi connectivity index (χ4n) is 4.62. The van der Waals surface area contributed by atoms with Gasteiger partial charge in [-0.05, 0) is 54.2 Å². The molecular weight excluding hydrogens is 462 g/mol. The van der Waals surface area contributed by atoms with Gasteiger partial charge in [-0.2, -0.15) is 0 Å². The lowest BCUT2D eigenvalue weighted by atomic mass is 9.85. The van der Waals surface area contributed by atoms with Crippen LogP contribution in [0.4, 0.5) is 5.13 Å². The minimum Gasteiger partial charge on any atom is -0.507 e. The highest BCUT2D eigenvalue weighted by Crippen LogP contribution is 2.44. The summed E-state index contributed by atoms with van der Waals surface area (Å²) in [6.07, 6.45) is 0.766. The number of benzene rings is 2. The normalized spacial score (nSPS) is 21.3. The average Bonchev–Trinajstić information content (AvgIpc) is 3.47. The van der Waals surface area contributed by atoms with Crippen molar-refractivity contribution in [2.45, 2.75) is 58.6 Å². The Labute approximate surface area is 208 Å². The largest absolute Gasteiger partial charge is 0.507 e. The quantitative estimate of drug-likeness (QED) is 0.313. The number of rotatable bonds is 3. The summed E-state index contributed by atoms with van der Waals surface area (Å²) in [5.74, 6) is -0.913. The molecule has 180 valence electrons. The van der Waals surface area contributed by atoms with Gasteiger partial charge in [-0.1, -0.05) is 56.4 Å². The molecule has 2 aliphatic rings. The Hall–Kier alpha value is -3.52. The molecule has 0 aliphatic carbocycles. The molecule has 0 spiro atoms. The maximum Gasteiger partial charge on any atom is 0.301 e. The number of aryl methyl sites for hydroxylation is 1. The number of aliphatic hydroxyl groups is 1. The Balaban J connectivity index is 1.67. The van der Waals surface area contributed by atoms with Gasteiger partial charge in [0.15, 0.2) is 0 Å². The van der Waals surface area contributed by atoms with E-state index in [0.29, 0.717) is 27.7 Å². The summed E-state index contributed by atoms with van der Waals surface area (Å²) >= 11 is 1.23. The Morgan fingerprint density at radius 2 is 1.83 bits per heavy atom. The second-order valence-electron chi connectivity index (χ2n) is 10.1. The van der Waals surface area contributed by atoms with Crippen LogP contribution in [-0.2, 0) is 21.4 Å². The lowest BCUT2D eigenvalue weighted by molar-refractivity contribution is -0.132. The van der Waals surface area contributed by atoms with Crippen molar-refractivity contribution >= 4 is 33.9 Å². The van der Waals surface area contributed by atoms with Crippen LogP contribution < -0.4 is 9.64 Å². The maximum absolute atomic E-state index is 13.3. The molecular formula is C27H27N3O4S. The first kappa shape index (κ1) is 23.2. The van der Waals surface area contributed by atoms with E-state index in [9.17, 15) is 14.7 Å². The predicted octanol–water partition coefficient (Wildman–Crippen LogP) is 5.09. The number of aliphatic hydroxyl groups excluding tert-OH is 1. The van der Waals surface area contributed by atoms with Crippen molar-refractivity contribution in [2.24, 2.45) is 0 Å². The first-order valence-corrected chi connectivity index (χ1v) is 12.4. The fourth-order valence-corrected chi connectivity index (χ4v) is 5.33. The molecule has 0 bridgehead atoms. The van der Waals surface area contributed by atoms with Crippen LogP contribution in [0.5, 0.6) is 5.75 Å². The van der Waals surface area contributed by atoms with E-state index in [1.165, 1.54) is 16.2 Å². The molecule has 0 saturated carbocycles. The number of ketones is 1. The van der Waals surface area contributed by atoms with Crippen LogP contribution in [0.15, 0.2) is 48.0 Å². The number of fused-ring (bicyclic) bond motifs is 1. The van der Waals surface area contributed by atoms with Crippen molar-refractivity contribution in [2.75, 3.05) is 4.90 Å².